The Hall–Kier alpha value is -8.47. The van der Waals surface area contributed by atoms with Crippen LogP contribution in [0.5, 0.6) is 34.5 Å². The Morgan fingerprint density at radius 3 is 1.31 bits per heavy atom. The quantitative estimate of drug-likeness (QED) is 0.0394. The first-order valence-corrected chi connectivity index (χ1v) is 25.4. The van der Waals surface area contributed by atoms with E-state index in [9.17, 15) is 44.0 Å². The minimum atomic E-state index is -4.99. The first kappa shape index (κ1) is 53.3. The van der Waals surface area contributed by atoms with Crippen LogP contribution in [0.2, 0.25) is 0 Å². The van der Waals surface area contributed by atoms with Crippen LogP contribution in [0.3, 0.4) is 0 Å². The molecular weight excluding hydrogens is 1030 g/mol. The zero-order valence-electron chi connectivity index (χ0n) is 39.9. The molecule has 0 saturated carbocycles. The van der Waals surface area contributed by atoms with Gasteiger partial charge in [0.25, 0.3) is 30.4 Å². The van der Waals surface area contributed by atoms with Crippen molar-refractivity contribution in [1.29, 1.82) is 0 Å². The maximum absolute atomic E-state index is 12.7. The highest BCUT2D eigenvalue weighted by Gasteiger charge is 2.24. The topological polar surface area (TPSA) is 340 Å². The Balaban J connectivity index is 1.13. The second-order valence-corrected chi connectivity index (χ2v) is 19.7. The minimum Gasteiger partial charge on any atom is -0.505 e. The number of fused-ring (bicyclic) bond motifs is 1. The lowest BCUT2D eigenvalue weighted by atomic mass is 10.1. The summed E-state index contributed by atoms with van der Waals surface area (Å²) < 4.78 is 129. The summed E-state index contributed by atoms with van der Waals surface area (Å²) in [6, 6.07) is 24.5. The van der Waals surface area contributed by atoms with Crippen LogP contribution in [0, 0.1) is 13.8 Å². The van der Waals surface area contributed by atoms with Crippen molar-refractivity contribution in [2.75, 3.05) is 40.9 Å². The third-order valence-corrected chi connectivity index (χ3v) is 13.3. The Kier molecular flexibility index (Phi) is 15.6. The molecule has 5 N–H and O–H groups in total. The van der Waals surface area contributed by atoms with Gasteiger partial charge >= 0.3 is 0 Å². The van der Waals surface area contributed by atoms with Gasteiger partial charge in [0.15, 0.2) is 5.75 Å². The summed E-state index contributed by atoms with van der Waals surface area (Å²) in [6.07, 6.45) is 0. The number of ether oxygens (including phenoxy) is 5. The fraction of sp³-hybridized carbons (Fsp3) is 0.149. The van der Waals surface area contributed by atoms with E-state index in [4.69, 9.17) is 23.7 Å². The Bertz CT molecular complexity index is 3820. The minimum absolute atomic E-state index is 0.0257. The summed E-state index contributed by atoms with van der Waals surface area (Å²) in [5, 5.41) is 48.7. The fourth-order valence-corrected chi connectivity index (χ4v) is 8.87. The van der Waals surface area contributed by atoms with Crippen LogP contribution in [-0.4, -0.2) is 79.6 Å². The van der Waals surface area contributed by atoms with E-state index >= 15 is 0 Å². The molecule has 27 heteroatoms. The molecule has 7 aromatic carbocycles. The molecule has 0 aliphatic rings. The molecule has 0 radical (unpaired) electrons. The molecular formula is C47H43N9O15S3. The molecule has 0 aromatic heterocycles. The van der Waals surface area contributed by atoms with Crippen molar-refractivity contribution in [3.05, 3.63) is 114 Å². The second kappa shape index (κ2) is 21.7. The number of methoxy groups -OCH3 is 5. The van der Waals surface area contributed by atoms with Crippen molar-refractivity contribution >= 4 is 98.0 Å². The van der Waals surface area contributed by atoms with Gasteiger partial charge in [-0.15, -0.1) is 30.7 Å². The molecule has 0 heterocycles. The lowest BCUT2D eigenvalue weighted by Gasteiger charge is -2.12. The number of hydrogen-bond donors (Lipinski definition) is 5. The highest BCUT2D eigenvalue weighted by Crippen LogP contribution is 2.46. The molecule has 0 saturated heterocycles. The first-order chi connectivity index (χ1) is 35.0. The molecule has 0 atom stereocenters. The molecule has 0 aliphatic heterocycles. The Morgan fingerprint density at radius 2 is 0.851 bits per heavy atom. The molecule has 7 aromatic rings. The number of benzene rings is 7. The van der Waals surface area contributed by atoms with Gasteiger partial charge in [-0.2, -0.15) is 35.5 Å². The number of hydrogen-bond acceptors (Lipinski definition) is 21. The predicted molar refractivity (Wildman–Crippen MR) is 269 cm³/mol. The van der Waals surface area contributed by atoms with Crippen molar-refractivity contribution in [3.63, 3.8) is 0 Å². The third kappa shape index (κ3) is 12.1. The standard InChI is InChI=1S/C47H43N9O15S3/c1-25-16-36(40(68-4)21-34(25)50-49-33-15-13-31(72(58,59)60)20-44(33)73(61,62)63)52-51-35-22-41(69-5)37(17-26(35)2)53-54-38-23-43(71-7)39(24-42(38)70-6)55-56-46-45(74(64,65)66)19-27-18-29(10-14-32(27)47(46)57)48-28-8-11-30(67-3)12-9-28/h8-24,48,57H,1-7H3,(H,58,59,60)(H,61,62,63)(H,64,65,66). The number of aryl methyl sites for hydroxylation is 2. The van der Waals surface area contributed by atoms with E-state index in [1.54, 1.807) is 81.6 Å². The van der Waals surface area contributed by atoms with Crippen molar-refractivity contribution in [2.24, 2.45) is 40.9 Å². The van der Waals surface area contributed by atoms with E-state index in [1.807, 2.05) is 0 Å². The first-order valence-electron chi connectivity index (χ1n) is 21.1. The molecule has 7 rings (SSSR count). The van der Waals surface area contributed by atoms with E-state index in [0.29, 0.717) is 40.0 Å². The SMILES string of the molecule is COc1ccc(Nc2ccc3c(O)c(N=Nc4cc(OC)c(N=Nc5cc(C)c(N=Nc6cc(C)c(N=Nc7ccc(S(=O)(=O)O)cc7S(=O)(=O)O)cc6OC)cc5OC)cc4OC)c(S(=O)(=O)O)cc3c2)cc1. The van der Waals surface area contributed by atoms with Crippen LogP contribution in [0.25, 0.3) is 10.8 Å². The molecule has 0 bridgehead atoms. The van der Waals surface area contributed by atoms with Crippen molar-refractivity contribution < 1.29 is 67.7 Å². The van der Waals surface area contributed by atoms with Gasteiger partial charge in [0, 0.05) is 41.0 Å². The number of phenolic OH excluding ortho intramolecular Hbond substituents is 1. The van der Waals surface area contributed by atoms with Crippen LogP contribution < -0.4 is 29.0 Å². The molecule has 0 amide bonds. The van der Waals surface area contributed by atoms with Crippen molar-refractivity contribution in [2.45, 2.75) is 28.5 Å². The van der Waals surface area contributed by atoms with Crippen molar-refractivity contribution in [1.82, 2.24) is 0 Å². The number of azo groups is 4. The summed E-state index contributed by atoms with van der Waals surface area (Å²) in [4.78, 5) is -2.39. The zero-order valence-corrected chi connectivity index (χ0v) is 42.3. The smallest absolute Gasteiger partial charge is 0.296 e. The number of phenols is 1. The van der Waals surface area contributed by atoms with Gasteiger partial charge in [-0.3, -0.25) is 13.7 Å². The summed E-state index contributed by atoms with van der Waals surface area (Å²) >= 11 is 0. The van der Waals surface area contributed by atoms with E-state index < -0.39 is 62.2 Å². The van der Waals surface area contributed by atoms with Crippen LogP contribution in [0.15, 0.2) is 159 Å². The van der Waals surface area contributed by atoms with Crippen LogP contribution in [0.4, 0.5) is 56.9 Å². The Morgan fingerprint density at radius 1 is 0.419 bits per heavy atom. The zero-order chi connectivity index (χ0) is 53.7. The van der Waals surface area contributed by atoms with Gasteiger partial charge in [-0.05, 0) is 109 Å². The number of nitrogens with one attached hydrogen (secondary N) is 1. The second-order valence-electron chi connectivity index (χ2n) is 15.5. The summed E-state index contributed by atoms with van der Waals surface area (Å²) in [6.45, 7) is 3.39. The molecule has 24 nitrogen and oxygen atoms in total. The third-order valence-electron chi connectivity index (χ3n) is 10.7. The van der Waals surface area contributed by atoms with Gasteiger partial charge in [0.05, 0.1) is 51.8 Å². The van der Waals surface area contributed by atoms with E-state index in [-0.39, 0.29) is 62.2 Å². The molecule has 0 spiro atoms. The number of rotatable bonds is 18. The van der Waals surface area contributed by atoms with Gasteiger partial charge in [-0.25, -0.2) is 0 Å². The normalized spacial score (nSPS) is 12.4. The van der Waals surface area contributed by atoms with Crippen LogP contribution >= 0.6 is 0 Å². The average Bonchev–Trinajstić information content (AvgIpc) is 3.36. The van der Waals surface area contributed by atoms with Gasteiger partial charge in [-0.1, -0.05) is 0 Å². The van der Waals surface area contributed by atoms with E-state index in [1.165, 1.54) is 52.7 Å². The van der Waals surface area contributed by atoms with E-state index in [0.717, 1.165) is 12.1 Å². The predicted octanol–water partition coefficient (Wildman–Crippen LogP) is 12.4. The highest BCUT2D eigenvalue weighted by atomic mass is 32.2. The lowest BCUT2D eigenvalue weighted by Crippen LogP contribution is -2.03. The summed E-state index contributed by atoms with van der Waals surface area (Å²) in [5.41, 5.74) is 2.66. The number of nitrogens with zero attached hydrogens (tertiary/aromatic N) is 8. The largest absolute Gasteiger partial charge is 0.505 e. The molecule has 384 valence electrons. The highest BCUT2D eigenvalue weighted by molar-refractivity contribution is 7.87. The molecule has 0 unspecified atom stereocenters. The van der Waals surface area contributed by atoms with Gasteiger partial charge in [0.1, 0.15) is 72.7 Å². The van der Waals surface area contributed by atoms with Crippen molar-refractivity contribution in [3.8, 4) is 34.5 Å². The summed E-state index contributed by atoms with van der Waals surface area (Å²) in [5.74, 6) is 0.736. The summed E-state index contributed by atoms with van der Waals surface area (Å²) in [7, 11) is -7.71. The lowest BCUT2D eigenvalue weighted by molar-refractivity contribution is 0.404. The molecule has 0 fully saturated rings. The Labute approximate surface area is 423 Å². The van der Waals surface area contributed by atoms with Gasteiger partial charge < -0.3 is 34.1 Å². The maximum atomic E-state index is 12.7. The monoisotopic (exact) mass is 1070 g/mol. The molecule has 0 aliphatic carbocycles. The molecule has 74 heavy (non-hydrogen) atoms. The van der Waals surface area contributed by atoms with Crippen LogP contribution in [-0.2, 0) is 30.4 Å². The average molecular weight is 1070 g/mol. The number of aromatic hydroxyl groups is 1. The van der Waals surface area contributed by atoms with Crippen LogP contribution in [0.1, 0.15) is 11.1 Å². The fourth-order valence-electron chi connectivity index (χ4n) is 6.98. The van der Waals surface area contributed by atoms with Gasteiger partial charge in [0.2, 0.25) is 0 Å². The number of anilines is 2. The van der Waals surface area contributed by atoms with E-state index in [2.05, 4.69) is 46.2 Å². The maximum Gasteiger partial charge on any atom is 0.296 e.